The highest BCUT2D eigenvalue weighted by Gasteiger charge is 2.34. The van der Waals surface area contributed by atoms with Gasteiger partial charge in [0.1, 0.15) is 5.75 Å². The zero-order valence-electron chi connectivity index (χ0n) is 12.2. The molecular formula is C18H15NO3. The maximum atomic E-state index is 12.2. The summed E-state index contributed by atoms with van der Waals surface area (Å²) in [5.41, 5.74) is 1.85. The number of methoxy groups -OCH3 is 1. The van der Waals surface area contributed by atoms with E-state index in [9.17, 15) is 9.59 Å². The third-order valence-corrected chi connectivity index (χ3v) is 3.60. The van der Waals surface area contributed by atoms with E-state index < -0.39 is 0 Å². The average molecular weight is 293 g/mol. The van der Waals surface area contributed by atoms with E-state index in [1.165, 1.54) is 4.90 Å². The first kappa shape index (κ1) is 14.1. The van der Waals surface area contributed by atoms with Gasteiger partial charge >= 0.3 is 0 Å². The summed E-state index contributed by atoms with van der Waals surface area (Å²) >= 11 is 0. The third kappa shape index (κ3) is 2.39. The monoisotopic (exact) mass is 293 g/mol. The Morgan fingerprint density at radius 2 is 1.55 bits per heavy atom. The second-order valence-corrected chi connectivity index (χ2v) is 4.91. The van der Waals surface area contributed by atoms with E-state index in [-0.39, 0.29) is 18.4 Å². The Morgan fingerprint density at radius 1 is 0.955 bits per heavy atom. The summed E-state index contributed by atoms with van der Waals surface area (Å²) in [5.74, 6) is 0.261. The van der Waals surface area contributed by atoms with Gasteiger partial charge in [0, 0.05) is 12.1 Å². The Morgan fingerprint density at radius 3 is 2.18 bits per heavy atom. The highest BCUT2D eigenvalue weighted by atomic mass is 16.5. The lowest BCUT2D eigenvalue weighted by Crippen LogP contribution is -2.29. The maximum Gasteiger partial charge on any atom is 0.261 e. The zero-order chi connectivity index (χ0) is 15.5. The number of hydrogen-bond acceptors (Lipinski definition) is 3. The Labute approximate surface area is 128 Å². The quantitative estimate of drug-likeness (QED) is 0.814. The number of para-hydroxylation sites is 1. The van der Waals surface area contributed by atoms with Gasteiger partial charge in [0.25, 0.3) is 11.8 Å². The van der Waals surface area contributed by atoms with Gasteiger partial charge in [-0.05, 0) is 18.2 Å². The summed E-state index contributed by atoms with van der Waals surface area (Å²) in [6.45, 7) is 0.240. The first-order valence-corrected chi connectivity index (χ1v) is 6.97. The van der Waals surface area contributed by atoms with Crippen molar-refractivity contribution in [1.29, 1.82) is 0 Å². The van der Waals surface area contributed by atoms with Crippen LogP contribution in [0.25, 0.3) is 6.08 Å². The first-order chi connectivity index (χ1) is 10.7. The number of imide groups is 1. The Hall–Kier alpha value is -2.88. The van der Waals surface area contributed by atoms with Crippen LogP contribution in [0.15, 0.2) is 54.6 Å². The van der Waals surface area contributed by atoms with Crippen molar-refractivity contribution in [3.05, 3.63) is 71.3 Å². The highest BCUT2D eigenvalue weighted by molar-refractivity contribution is 6.21. The van der Waals surface area contributed by atoms with Crippen LogP contribution in [0.1, 0.15) is 26.3 Å². The maximum absolute atomic E-state index is 12.2. The van der Waals surface area contributed by atoms with Gasteiger partial charge in [0.2, 0.25) is 0 Å². The molecule has 4 nitrogen and oxygen atoms in total. The SMILES string of the molecule is COc1ccccc1/C=C/CN1C(=O)c2ccccc2C1=O. The number of fused-ring (bicyclic) bond motifs is 1. The van der Waals surface area contributed by atoms with Gasteiger partial charge in [0.15, 0.2) is 0 Å². The van der Waals surface area contributed by atoms with Crippen molar-refractivity contribution in [3.8, 4) is 5.75 Å². The molecule has 0 aliphatic carbocycles. The van der Waals surface area contributed by atoms with Gasteiger partial charge in [-0.2, -0.15) is 0 Å². The van der Waals surface area contributed by atoms with E-state index >= 15 is 0 Å². The summed E-state index contributed by atoms with van der Waals surface area (Å²) in [5, 5.41) is 0. The van der Waals surface area contributed by atoms with Crippen molar-refractivity contribution in [2.24, 2.45) is 0 Å². The molecule has 22 heavy (non-hydrogen) atoms. The number of ether oxygens (including phenoxy) is 1. The van der Waals surface area contributed by atoms with E-state index in [2.05, 4.69) is 0 Å². The molecule has 0 unspecified atom stereocenters. The molecule has 0 saturated carbocycles. The van der Waals surface area contributed by atoms with Crippen LogP contribution in [-0.4, -0.2) is 30.4 Å². The van der Waals surface area contributed by atoms with E-state index in [1.807, 2.05) is 30.3 Å². The summed E-state index contributed by atoms with van der Waals surface area (Å²) < 4.78 is 5.26. The number of nitrogens with zero attached hydrogens (tertiary/aromatic N) is 1. The van der Waals surface area contributed by atoms with Gasteiger partial charge in [-0.3, -0.25) is 14.5 Å². The molecular weight excluding hydrogens is 278 g/mol. The van der Waals surface area contributed by atoms with Gasteiger partial charge in [-0.25, -0.2) is 0 Å². The molecule has 4 heteroatoms. The molecule has 0 N–H and O–H groups in total. The predicted molar refractivity (Wildman–Crippen MR) is 83.8 cm³/mol. The van der Waals surface area contributed by atoms with Crippen LogP contribution in [0.2, 0.25) is 0 Å². The molecule has 2 aromatic carbocycles. The fourth-order valence-electron chi connectivity index (χ4n) is 2.49. The summed E-state index contributed by atoms with van der Waals surface area (Å²) in [6, 6.07) is 14.5. The van der Waals surface area contributed by atoms with E-state index in [0.717, 1.165) is 11.3 Å². The van der Waals surface area contributed by atoms with Gasteiger partial charge in [-0.15, -0.1) is 0 Å². The Bertz CT molecular complexity index is 729. The van der Waals surface area contributed by atoms with E-state index in [1.54, 1.807) is 37.5 Å². The van der Waals surface area contributed by atoms with Crippen LogP contribution in [0.5, 0.6) is 5.75 Å². The average Bonchev–Trinajstić information content (AvgIpc) is 2.80. The minimum absolute atomic E-state index is 0.240. The largest absolute Gasteiger partial charge is 0.496 e. The van der Waals surface area contributed by atoms with Crippen molar-refractivity contribution < 1.29 is 14.3 Å². The lowest BCUT2D eigenvalue weighted by molar-refractivity contribution is 0.0672. The van der Waals surface area contributed by atoms with Gasteiger partial charge < -0.3 is 4.74 Å². The lowest BCUT2D eigenvalue weighted by Gasteiger charge is -2.10. The number of hydrogen-bond donors (Lipinski definition) is 0. The van der Waals surface area contributed by atoms with E-state index in [4.69, 9.17) is 4.74 Å². The number of amides is 2. The standard InChI is InChI=1S/C18H15NO3/c1-22-16-11-5-2-7-13(16)8-6-12-19-17(20)14-9-3-4-10-15(14)18(19)21/h2-11H,12H2,1H3/b8-6+. The number of carbonyl (C=O) groups excluding carboxylic acids is 2. The molecule has 2 amide bonds. The summed E-state index contributed by atoms with van der Waals surface area (Å²) in [6.07, 6.45) is 3.64. The smallest absolute Gasteiger partial charge is 0.261 e. The molecule has 1 aliphatic rings. The third-order valence-electron chi connectivity index (χ3n) is 3.60. The molecule has 3 rings (SSSR count). The first-order valence-electron chi connectivity index (χ1n) is 6.97. The molecule has 1 heterocycles. The Kier molecular flexibility index (Phi) is 3.74. The summed E-state index contributed by atoms with van der Waals surface area (Å²) in [4.78, 5) is 25.7. The topological polar surface area (TPSA) is 46.6 Å². The molecule has 0 spiro atoms. The minimum Gasteiger partial charge on any atom is -0.496 e. The summed E-state index contributed by atoms with van der Waals surface area (Å²) in [7, 11) is 1.61. The molecule has 110 valence electrons. The fraction of sp³-hybridized carbons (Fsp3) is 0.111. The van der Waals surface area contributed by atoms with E-state index in [0.29, 0.717) is 11.1 Å². The van der Waals surface area contributed by atoms with Crippen molar-refractivity contribution in [2.75, 3.05) is 13.7 Å². The van der Waals surface area contributed by atoms with Gasteiger partial charge in [0.05, 0.1) is 18.2 Å². The highest BCUT2D eigenvalue weighted by Crippen LogP contribution is 2.23. The van der Waals surface area contributed by atoms with Crippen LogP contribution >= 0.6 is 0 Å². The molecule has 1 aliphatic heterocycles. The molecule has 0 bridgehead atoms. The fourth-order valence-corrected chi connectivity index (χ4v) is 2.49. The number of rotatable bonds is 4. The molecule has 2 aromatic rings. The van der Waals surface area contributed by atoms with Crippen LogP contribution in [0.3, 0.4) is 0 Å². The minimum atomic E-state index is -0.245. The van der Waals surface area contributed by atoms with Crippen LogP contribution < -0.4 is 4.74 Å². The molecule has 0 atom stereocenters. The Balaban J connectivity index is 1.77. The normalized spacial score (nSPS) is 13.8. The zero-order valence-corrected chi connectivity index (χ0v) is 12.2. The second-order valence-electron chi connectivity index (χ2n) is 4.91. The van der Waals surface area contributed by atoms with Crippen molar-refractivity contribution in [1.82, 2.24) is 4.90 Å². The molecule has 0 fully saturated rings. The second kappa shape index (κ2) is 5.85. The van der Waals surface area contributed by atoms with Crippen molar-refractivity contribution >= 4 is 17.9 Å². The molecule has 0 radical (unpaired) electrons. The van der Waals surface area contributed by atoms with Crippen LogP contribution in [-0.2, 0) is 0 Å². The van der Waals surface area contributed by atoms with Crippen molar-refractivity contribution in [3.63, 3.8) is 0 Å². The number of benzene rings is 2. The van der Waals surface area contributed by atoms with Gasteiger partial charge in [-0.1, -0.05) is 42.5 Å². The van der Waals surface area contributed by atoms with Crippen LogP contribution in [0, 0.1) is 0 Å². The predicted octanol–water partition coefficient (Wildman–Crippen LogP) is 3.00. The number of carbonyl (C=O) groups is 2. The molecule has 0 saturated heterocycles. The van der Waals surface area contributed by atoms with Crippen LogP contribution in [0.4, 0.5) is 0 Å². The van der Waals surface area contributed by atoms with Crippen molar-refractivity contribution in [2.45, 2.75) is 0 Å². The molecule has 0 aromatic heterocycles. The lowest BCUT2D eigenvalue weighted by atomic mass is 10.1.